The van der Waals surface area contributed by atoms with Crippen LogP contribution in [0.2, 0.25) is 5.02 Å². The minimum atomic E-state index is -0.358. The minimum Gasteiger partial charge on any atom is -0.495 e. The number of ether oxygens (including phenoxy) is 4. The molecule has 1 saturated heterocycles. The number of benzene rings is 2. The third-order valence-corrected chi connectivity index (χ3v) is 5.14. The lowest BCUT2D eigenvalue weighted by atomic mass is 9.82. The van der Waals surface area contributed by atoms with Crippen LogP contribution in [0.4, 0.5) is 5.69 Å². The third kappa shape index (κ3) is 3.14. The van der Waals surface area contributed by atoms with E-state index in [9.17, 15) is 4.79 Å². The summed E-state index contributed by atoms with van der Waals surface area (Å²) in [4.78, 5) is 14.5. The van der Waals surface area contributed by atoms with E-state index in [1.165, 1.54) is 21.3 Å². The summed E-state index contributed by atoms with van der Waals surface area (Å²) < 4.78 is 21.4. The molecule has 3 rings (SSSR count). The Morgan fingerprint density at radius 2 is 1.57 bits per heavy atom. The maximum atomic E-state index is 12.8. The summed E-state index contributed by atoms with van der Waals surface area (Å²) in [5.74, 6) is 1.55. The molecule has 0 aliphatic carbocycles. The van der Waals surface area contributed by atoms with Crippen LogP contribution in [0.5, 0.6) is 23.0 Å². The second kappa shape index (κ2) is 8.02. The number of amides is 1. The zero-order valence-electron chi connectivity index (χ0n) is 16.2. The highest BCUT2D eigenvalue weighted by molar-refractivity contribution is 6.32. The molecule has 0 spiro atoms. The van der Waals surface area contributed by atoms with Crippen LogP contribution in [0.3, 0.4) is 0 Å². The Morgan fingerprint density at radius 3 is 2.04 bits per heavy atom. The Morgan fingerprint density at radius 1 is 0.964 bits per heavy atom. The molecule has 1 fully saturated rings. The molecule has 6 nitrogen and oxygen atoms in total. The number of carbonyl (C=O) groups excluding carboxylic acids is 1. The van der Waals surface area contributed by atoms with E-state index in [4.69, 9.17) is 30.5 Å². The highest BCUT2D eigenvalue weighted by atomic mass is 35.5. The number of methoxy groups -OCH3 is 4. The van der Waals surface area contributed by atoms with Crippen molar-refractivity contribution < 1.29 is 23.7 Å². The average Bonchev–Trinajstić information content (AvgIpc) is 2.71. The molecule has 0 saturated carbocycles. The first-order valence-corrected chi connectivity index (χ1v) is 8.97. The molecule has 7 heteroatoms. The first-order chi connectivity index (χ1) is 13.5. The van der Waals surface area contributed by atoms with Gasteiger partial charge in [0.05, 0.1) is 51.1 Å². The number of anilines is 1. The molecule has 2 aromatic carbocycles. The van der Waals surface area contributed by atoms with Gasteiger partial charge in [-0.25, -0.2) is 0 Å². The summed E-state index contributed by atoms with van der Waals surface area (Å²) in [7, 11) is 6.16. The molecular formula is C21H22ClNO5. The second-order valence-corrected chi connectivity index (χ2v) is 6.60. The minimum absolute atomic E-state index is 0.0683. The van der Waals surface area contributed by atoms with Crippen molar-refractivity contribution in [3.05, 3.63) is 53.6 Å². The van der Waals surface area contributed by atoms with Crippen LogP contribution in [-0.2, 0) is 4.79 Å². The Kier molecular flexibility index (Phi) is 5.70. The van der Waals surface area contributed by atoms with Gasteiger partial charge in [0.25, 0.3) is 0 Å². The van der Waals surface area contributed by atoms with E-state index in [2.05, 4.69) is 6.58 Å². The third-order valence-electron chi connectivity index (χ3n) is 4.84. The lowest BCUT2D eigenvalue weighted by Gasteiger charge is -2.46. The lowest BCUT2D eigenvalue weighted by Crippen LogP contribution is -2.54. The fraction of sp³-hybridized carbons (Fsp3) is 0.286. The largest absolute Gasteiger partial charge is 0.495 e. The number of nitrogens with zero attached hydrogens (tertiary/aromatic N) is 1. The molecule has 2 atom stereocenters. The lowest BCUT2D eigenvalue weighted by molar-refractivity contribution is -0.128. The van der Waals surface area contributed by atoms with Gasteiger partial charge < -0.3 is 23.8 Å². The van der Waals surface area contributed by atoms with Crippen LogP contribution in [-0.4, -0.2) is 34.3 Å². The maximum absolute atomic E-state index is 12.8. The van der Waals surface area contributed by atoms with Gasteiger partial charge in [-0.15, -0.1) is 6.58 Å². The summed E-state index contributed by atoms with van der Waals surface area (Å²) in [5.41, 5.74) is 1.51. The normalized spacial score (nSPS) is 18.3. The highest BCUT2D eigenvalue weighted by Crippen LogP contribution is 2.49. The van der Waals surface area contributed by atoms with E-state index in [0.717, 1.165) is 5.56 Å². The van der Waals surface area contributed by atoms with Crippen molar-refractivity contribution >= 4 is 23.2 Å². The van der Waals surface area contributed by atoms with Crippen molar-refractivity contribution in [3.63, 3.8) is 0 Å². The van der Waals surface area contributed by atoms with E-state index in [-0.39, 0.29) is 17.9 Å². The van der Waals surface area contributed by atoms with Gasteiger partial charge in [-0.1, -0.05) is 23.7 Å². The molecule has 0 aromatic heterocycles. The maximum Gasteiger partial charge on any atom is 0.236 e. The van der Waals surface area contributed by atoms with Crippen LogP contribution in [0.1, 0.15) is 11.6 Å². The molecular weight excluding hydrogens is 382 g/mol. The fourth-order valence-electron chi connectivity index (χ4n) is 3.46. The fourth-order valence-corrected chi connectivity index (χ4v) is 3.72. The summed E-state index contributed by atoms with van der Waals surface area (Å²) in [6.07, 6.45) is 1.65. The predicted molar refractivity (Wildman–Crippen MR) is 108 cm³/mol. The quantitative estimate of drug-likeness (QED) is 0.510. The SMILES string of the molecule is C=C[C@@H]1C(=O)N(c2cc(OC)c(OC)c(OC)c2)[C@H]1c1ccc(OC)c(Cl)c1. The molecule has 1 aliphatic rings. The topological polar surface area (TPSA) is 57.2 Å². The van der Waals surface area contributed by atoms with E-state index < -0.39 is 0 Å². The van der Waals surface area contributed by atoms with Crippen LogP contribution >= 0.6 is 11.6 Å². The van der Waals surface area contributed by atoms with Crippen molar-refractivity contribution in [2.24, 2.45) is 5.92 Å². The van der Waals surface area contributed by atoms with Crippen LogP contribution in [0, 0.1) is 5.92 Å². The van der Waals surface area contributed by atoms with Gasteiger partial charge in [-0.05, 0) is 17.7 Å². The molecule has 1 aliphatic heterocycles. The monoisotopic (exact) mass is 403 g/mol. The van der Waals surface area contributed by atoms with Crippen molar-refractivity contribution in [1.29, 1.82) is 0 Å². The second-order valence-electron chi connectivity index (χ2n) is 6.19. The van der Waals surface area contributed by atoms with Crippen molar-refractivity contribution in [2.45, 2.75) is 6.04 Å². The van der Waals surface area contributed by atoms with Gasteiger partial charge in [-0.2, -0.15) is 0 Å². The molecule has 28 heavy (non-hydrogen) atoms. The Labute approximate surface area is 169 Å². The first-order valence-electron chi connectivity index (χ1n) is 8.59. The zero-order chi connectivity index (χ0) is 20.4. The molecule has 0 N–H and O–H groups in total. The molecule has 0 unspecified atom stereocenters. The zero-order valence-corrected chi connectivity index (χ0v) is 16.9. The highest BCUT2D eigenvalue weighted by Gasteiger charge is 2.47. The smallest absolute Gasteiger partial charge is 0.236 e. The molecule has 148 valence electrons. The summed E-state index contributed by atoms with van der Waals surface area (Å²) >= 11 is 6.30. The van der Waals surface area contributed by atoms with E-state index >= 15 is 0 Å². The summed E-state index contributed by atoms with van der Waals surface area (Å²) in [5, 5.41) is 0.479. The number of β-lactam (4-membered cyclic amide) rings is 1. The van der Waals surface area contributed by atoms with Crippen LogP contribution < -0.4 is 23.8 Å². The van der Waals surface area contributed by atoms with Crippen molar-refractivity contribution in [3.8, 4) is 23.0 Å². The van der Waals surface area contributed by atoms with Gasteiger partial charge in [0.2, 0.25) is 11.7 Å². The number of hydrogen-bond donors (Lipinski definition) is 0. The molecule has 0 bridgehead atoms. The van der Waals surface area contributed by atoms with Crippen LogP contribution in [0.15, 0.2) is 43.0 Å². The van der Waals surface area contributed by atoms with E-state index in [1.54, 1.807) is 42.4 Å². The summed E-state index contributed by atoms with van der Waals surface area (Å²) in [6, 6.07) is 8.72. The van der Waals surface area contributed by atoms with Gasteiger partial charge in [0.15, 0.2) is 11.5 Å². The number of rotatable bonds is 7. The number of halogens is 1. The van der Waals surface area contributed by atoms with E-state index in [1.807, 2.05) is 6.07 Å². The van der Waals surface area contributed by atoms with Crippen molar-refractivity contribution in [1.82, 2.24) is 0 Å². The standard InChI is InChI=1S/C21H22ClNO5/c1-6-14-19(12-7-8-16(25-2)15(22)9-12)23(21(14)24)13-10-17(26-3)20(28-5)18(11-13)27-4/h6-11,14,19H,1H2,2-5H3/t14-,19-/m0/s1. The molecule has 1 heterocycles. The van der Waals surface area contributed by atoms with Gasteiger partial charge >= 0.3 is 0 Å². The van der Waals surface area contributed by atoms with Gasteiger partial charge in [0, 0.05) is 12.1 Å². The Hall–Kier alpha value is -2.86. The van der Waals surface area contributed by atoms with Gasteiger partial charge in [0.1, 0.15) is 5.75 Å². The number of hydrogen-bond acceptors (Lipinski definition) is 5. The average molecular weight is 404 g/mol. The number of carbonyl (C=O) groups is 1. The molecule has 1 amide bonds. The van der Waals surface area contributed by atoms with Crippen molar-refractivity contribution in [2.75, 3.05) is 33.3 Å². The van der Waals surface area contributed by atoms with Crippen LogP contribution in [0.25, 0.3) is 0 Å². The molecule has 0 radical (unpaired) electrons. The first kappa shape index (κ1) is 19.9. The summed E-state index contributed by atoms with van der Waals surface area (Å²) in [6.45, 7) is 3.81. The van der Waals surface area contributed by atoms with E-state index in [0.29, 0.717) is 33.7 Å². The Bertz CT molecular complexity index is 889. The molecule has 2 aromatic rings. The van der Waals surface area contributed by atoms with Gasteiger partial charge in [-0.3, -0.25) is 4.79 Å². The Balaban J connectivity index is 2.08. The predicted octanol–water partition coefficient (Wildman–Crippen LogP) is 4.26.